The number of fused-ring (bicyclic) bond motifs is 1. The van der Waals surface area contributed by atoms with Crippen LogP contribution in [0.25, 0.3) is 11.6 Å². The minimum atomic E-state index is -0.107. The van der Waals surface area contributed by atoms with Gasteiger partial charge in [0, 0.05) is 17.3 Å². The molecule has 0 radical (unpaired) electrons. The number of nitrogens with one attached hydrogen (secondary N) is 1. The second-order valence-electron chi connectivity index (χ2n) is 7.52. The molecule has 2 aliphatic rings. The Morgan fingerprint density at radius 2 is 1.96 bits per heavy atom. The normalized spacial score (nSPS) is 20.8. The van der Waals surface area contributed by atoms with Crippen LogP contribution in [0, 0.1) is 6.92 Å². The number of carbonyl (C=O) groups excluding carboxylic acids is 1. The van der Waals surface area contributed by atoms with Gasteiger partial charge in [0.15, 0.2) is 0 Å². The van der Waals surface area contributed by atoms with Crippen LogP contribution in [-0.2, 0) is 4.79 Å². The molecule has 0 aromatic heterocycles. The maximum absolute atomic E-state index is 12.0. The molecule has 1 aromatic carbocycles. The number of aryl methyl sites for hydroxylation is 1. The van der Waals surface area contributed by atoms with Crippen molar-refractivity contribution in [3.05, 3.63) is 39.8 Å². The Hall–Kier alpha value is -1.59. The third-order valence-electron chi connectivity index (χ3n) is 4.70. The molecule has 3 rings (SSSR count). The molecule has 1 amide bonds. The lowest BCUT2D eigenvalue weighted by Crippen LogP contribution is -2.49. The summed E-state index contributed by atoms with van der Waals surface area (Å²) in [5.74, 6) is -0.107. The molecule has 0 aliphatic carbocycles. The highest BCUT2D eigenvalue weighted by Gasteiger charge is 2.33. The van der Waals surface area contributed by atoms with Crippen molar-refractivity contribution in [2.24, 2.45) is 0 Å². The highest BCUT2D eigenvalue weighted by atomic mass is 32.2. The van der Waals surface area contributed by atoms with Crippen molar-refractivity contribution in [3.8, 4) is 0 Å². The summed E-state index contributed by atoms with van der Waals surface area (Å²) in [4.78, 5) is 15.1. The van der Waals surface area contributed by atoms with Gasteiger partial charge >= 0.3 is 0 Å². The lowest BCUT2D eigenvalue weighted by Gasteiger charge is -2.46. The van der Waals surface area contributed by atoms with Gasteiger partial charge in [-0.05, 0) is 76.5 Å². The molecule has 0 spiro atoms. The number of hydrogen-bond acceptors (Lipinski definition) is 4. The van der Waals surface area contributed by atoms with Gasteiger partial charge in [0.25, 0.3) is 5.91 Å². The third-order valence-corrected chi connectivity index (χ3v) is 5.87. The Morgan fingerprint density at radius 1 is 1.28 bits per heavy atom. The van der Waals surface area contributed by atoms with Crippen LogP contribution in [0.2, 0.25) is 0 Å². The highest BCUT2D eigenvalue weighted by Crippen LogP contribution is 2.42. The topological polar surface area (TPSA) is 32.3 Å². The third kappa shape index (κ3) is 3.27. The molecule has 132 valence electrons. The van der Waals surface area contributed by atoms with Gasteiger partial charge in [-0.25, -0.2) is 0 Å². The average Bonchev–Trinajstić information content (AvgIpc) is 2.77. The van der Waals surface area contributed by atoms with Crippen LogP contribution in [-0.4, -0.2) is 21.8 Å². The largest absolute Gasteiger partial charge is 0.360 e. The van der Waals surface area contributed by atoms with Crippen molar-refractivity contribution in [3.63, 3.8) is 0 Å². The number of amides is 1. The Balaban J connectivity index is 2.13. The molecule has 0 unspecified atom stereocenters. The van der Waals surface area contributed by atoms with E-state index in [0.717, 1.165) is 11.1 Å². The van der Waals surface area contributed by atoms with Crippen LogP contribution in [0.3, 0.4) is 0 Å². The van der Waals surface area contributed by atoms with Crippen molar-refractivity contribution in [2.75, 3.05) is 4.90 Å². The Labute approximate surface area is 159 Å². The number of thioether (sulfide) groups is 1. The van der Waals surface area contributed by atoms with E-state index in [1.807, 2.05) is 6.08 Å². The zero-order valence-corrected chi connectivity index (χ0v) is 17.2. The van der Waals surface area contributed by atoms with Gasteiger partial charge in [0.2, 0.25) is 0 Å². The first-order chi connectivity index (χ1) is 11.6. The highest BCUT2D eigenvalue weighted by molar-refractivity contribution is 8.26. The maximum atomic E-state index is 12.0. The summed E-state index contributed by atoms with van der Waals surface area (Å²) in [6.45, 7) is 13.2. The maximum Gasteiger partial charge on any atom is 0.263 e. The predicted octanol–water partition coefficient (Wildman–Crippen LogP) is 4.89. The van der Waals surface area contributed by atoms with Gasteiger partial charge in [-0.15, -0.1) is 0 Å². The van der Waals surface area contributed by atoms with Crippen LogP contribution >= 0.6 is 24.0 Å². The summed E-state index contributed by atoms with van der Waals surface area (Å²) >= 11 is 6.41. The van der Waals surface area contributed by atoms with E-state index >= 15 is 0 Å². The lowest BCUT2D eigenvalue weighted by atomic mass is 9.86. The minimum absolute atomic E-state index is 0.0228. The summed E-state index contributed by atoms with van der Waals surface area (Å²) in [6.07, 6.45) is 4.27. The van der Waals surface area contributed by atoms with Crippen molar-refractivity contribution < 1.29 is 4.79 Å². The van der Waals surface area contributed by atoms with E-state index in [2.05, 4.69) is 70.0 Å². The van der Waals surface area contributed by atoms with Crippen molar-refractivity contribution in [1.29, 1.82) is 0 Å². The molecule has 5 heteroatoms. The SMILES string of the molecule is CC1=CC(C)(C)N(C(C)C)c2cc(C)c(/C=C3/SC(=S)NC3=O)cc21. The second-order valence-corrected chi connectivity index (χ2v) is 9.24. The van der Waals surface area contributed by atoms with Crippen LogP contribution in [0.5, 0.6) is 0 Å². The molecule has 3 nitrogen and oxygen atoms in total. The van der Waals surface area contributed by atoms with E-state index in [0.29, 0.717) is 15.3 Å². The molecule has 1 aromatic rings. The molecule has 1 fully saturated rings. The van der Waals surface area contributed by atoms with Crippen molar-refractivity contribution >= 4 is 51.5 Å². The Kier molecular flexibility index (Phi) is 4.58. The first kappa shape index (κ1) is 18.2. The number of rotatable bonds is 2. The molecule has 1 N–H and O–H groups in total. The number of carbonyl (C=O) groups is 1. The zero-order valence-electron chi connectivity index (χ0n) is 15.6. The molecular formula is C20H24N2OS2. The Bertz CT molecular complexity index is 834. The summed E-state index contributed by atoms with van der Waals surface area (Å²) in [7, 11) is 0. The number of anilines is 1. The molecule has 25 heavy (non-hydrogen) atoms. The standard InChI is InChI=1S/C20H24N2OS2/c1-11(2)22-16-7-12(3)14(9-17-18(23)21-19(24)25-17)8-15(16)13(4)10-20(22,5)6/h7-11H,1-6H3,(H,21,23,24)/b17-9+. The van der Waals surface area contributed by atoms with Crippen LogP contribution in [0.1, 0.15) is 51.3 Å². The van der Waals surface area contributed by atoms with Crippen LogP contribution in [0.15, 0.2) is 23.1 Å². The van der Waals surface area contributed by atoms with Gasteiger partial charge < -0.3 is 10.2 Å². The van der Waals surface area contributed by atoms with E-state index in [-0.39, 0.29) is 11.4 Å². The molecule has 2 heterocycles. The molecule has 0 atom stereocenters. The smallest absolute Gasteiger partial charge is 0.263 e. The van der Waals surface area contributed by atoms with Gasteiger partial charge in [-0.1, -0.05) is 30.1 Å². The molecule has 2 aliphatic heterocycles. The number of benzene rings is 1. The average molecular weight is 373 g/mol. The molecule has 1 saturated heterocycles. The summed E-state index contributed by atoms with van der Waals surface area (Å²) in [6, 6.07) is 4.84. The first-order valence-electron chi connectivity index (χ1n) is 8.49. The number of allylic oxidation sites excluding steroid dienone is 1. The fourth-order valence-corrected chi connectivity index (χ4v) is 4.91. The van der Waals surface area contributed by atoms with Gasteiger partial charge in [-0.2, -0.15) is 0 Å². The van der Waals surface area contributed by atoms with E-state index in [9.17, 15) is 4.79 Å². The van der Waals surface area contributed by atoms with Crippen LogP contribution < -0.4 is 10.2 Å². The van der Waals surface area contributed by atoms with E-state index in [1.165, 1.54) is 28.6 Å². The Morgan fingerprint density at radius 3 is 2.52 bits per heavy atom. The summed E-state index contributed by atoms with van der Waals surface area (Å²) in [5, 5.41) is 2.68. The molecule has 0 saturated carbocycles. The second kappa shape index (κ2) is 6.29. The summed E-state index contributed by atoms with van der Waals surface area (Å²) in [5.41, 5.74) is 5.97. The van der Waals surface area contributed by atoms with Gasteiger partial charge in [-0.3, -0.25) is 4.79 Å². The lowest BCUT2D eigenvalue weighted by molar-refractivity contribution is -0.115. The monoisotopic (exact) mass is 372 g/mol. The first-order valence-corrected chi connectivity index (χ1v) is 9.71. The fourth-order valence-electron chi connectivity index (χ4n) is 3.87. The van der Waals surface area contributed by atoms with Crippen LogP contribution in [0.4, 0.5) is 5.69 Å². The van der Waals surface area contributed by atoms with E-state index in [4.69, 9.17) is 12.2 Å². The fraction of sp³-hybridized carbons (Fsp3) is 0.400. The van der Waals surface area contributed by atoms with Gasteiger partial charge in [0.1, 0.15) is 4.32 Å². The van der Waals surface area contributed by atoms with E-state index < -0.39 is 0 Å². The number of thiocarbonyl (C=S) groups is 1. The quantitative estimate of drug-likeness (QED) is 0.591. The summed E-state index contributed by atoms with van der Waals surface area (Å²) < 4.78 is 0.524. The van der Waals surface area contributed by atoms with Crippen molar-refractivity contribution in [1.82, 2.24) is 5.32 Å². The number of nitrogens with zero attached hydrogens (tertiary/aromatic N) is 1. The predicted molar refractivity (Wildman–Crippen MR) is 113 cm³/mol. The van der Waals surface area contributed by atoms with Gasteiger partial charge in [0.05, 0.1) is 10.4 Å². The zero-order chi connectivity index (χ0) is 18.5. The van der Waals surface area contributed by atoms with E-state index in [1.54, 1.807) is 0 Å². The van der Waals surface area contributed by atoms with Crippen molar-refractivity contribution in [2.45, 2.75) is 53.1 Å². The molecule has 0 bridgehead atoms. The minimum Gasteiger partial charge on any atom is -0.360 e. The molecular weight excluding hydrogens is 348 g/mol. The number of hydrogen-bond donors (Lipinski definition) is 1.